The van der Waals surface area contributed by atoms with Crippen molar-refractivity contribution in [2.24, 2.45) is 11.8 Å². The molecule has 5 rings (SSSR count). The van der Waals surface area contributed by atoms with E-state index < -0.39 is 47.1 Å². The van der Waals surface area contributed by atoms with Crippen LogP contribution in [-0.2, 0) is 31.0 Å². The maximum atomic E-state index is 13.0. The number of nitrogens with zero attached hydrogens (tertiary/aromatic N) is 1. The number of aliphatic hydroxyl groups is 1. The van der Waals surface area contributed by atoms with Gasteiger partial charge in [-0.1, -0.05) is 33.3 Å². The summed E-state index contributed by atoms with van der Waals surface area (Å²) in [4.78, 5) is 39.2. The van der Waals surface area contributed by atoms with E-state index in [2.05, 4.69) is 10.2 Å². The number of nitrogens with one attached hydrogen (secondary N) is 1. The number of hydrogen-bond acceptors (Lipinski definition) is 8. The first-order valence-corrected chi connectivity index (χ1v) is 15.1. The maximum absolute atomic E-state index is 13.0. The number of benzene rings is 1. The van der Waals surface area contributed by atoms with Crippen LogP contribution in [0.15, 0.2) is 12.1 Å². The molecule has 4 N–H and O–H groups in total. The van der Waals surface area contributed by atoms with Crippen LogP contribution in [-0.4, -0.2) is 81.0 Å². The number of carboxylic acid groups (broad SMARTS) is 1. The Morgan fingerprint density at radius 1 is 1.22 bits per heavy atom. The highest BCUT2D eigenvalue weighted by molar-refractivity contribution is 5.86. The number of aromatic hydroxyl groups is 1. The minimum Gasteiger partial charge on any atom is -0.504 e. The van der Waals surface area contributed by atoms with Crippen LogP contribution in [0.3, 0.4) is 0 Å². The molecule has 41 heavy (non-hydrogen) atoms. The van der Waals surface area contributed by atoms with Crippen molar-refractivity contribution >= 4 is 17.8 Å². The van der Waals surface area contributed by atoms with Gasteiger partial charge < -0.3 is 30.1 Å². The summed E-state index contributed by atoms with van der Waals surface area (Å²) in [5.41, 5.74) is -0.200. The number of ether oxygens (including phenoxy) is 2. The van der Waals surface area contributed by atoms with Crippen molar-refractivity contribution in [2.75, 3.05) is 13.1 Å². The second-order valence-electron chi connectivity index (χ2n) is 12.9. The summed E-state index contributed by atoms with van der Waals surface area (Å²) in [6, 6.07) is 2.40. The number of rotatable bonds is 11. The lowest BCUT2D eigenvalue weighted by Gasteiger charge is -2.61. The zero-order chi connectivity index (χ0) is 29.7. The molecular weight excluding hydrogens is 528 g/mol. The summed E-state index contributed by atoms with van der Waals surface area (Å²) in [5, 5.41) is 35.0. The molecule has 0 radical (unpaired) electrons. The highest BCUT2D eigenvalue weighted by Crippen LogP contribution is 2.62. The minimum absolute atomic E-state index is 0.00719. The lowest BCUT2D eigenvalue weighted by atomic mass is 9.52. The summed E-state index contributed by atoms with van der Waals surface area (Å²) in [7, 11) is 0. The van der Waals surface area contributed by atoms with Crippen LogP contribution in [0, 0.1) is 11.8 Å². The number of amides is 1. The number of hydrogen-bond donors (Lipinski definition) is 4. The van der Waals surface area contributed by atoms with Crippen LogP contribution in [0.2, 0.25) is 0 Å². The Kier molecular flexibility index (Phi) is 8.02. The zero-order valence-corrected chi connectivity index (χ0v) is 24.5. The Labute approximate surface area is 241 Å². The molecule has 2 fully saturated rings. The fourth-order valence-corrected chi connectivity index (χ4v) is 7.67. The van der Waals surface area contributed by atoms with Gasteiger partial charge in [0, 0.05) is 24.6 Å². The number of carbonyl (C=O) groups is 3. The predicted octanol–water partition coefficient (Wildman–Crippen LogP) is 2.90. The van der Waals surface area contributed by atoms with Gasteiger partial charge in [-0.3, -0.25) is 14.5 Å². The smallest absolute Gasteiger partial charge is 0.326 e. The molecule has 2 aliphatic carbocycles. The Hall–Kier alpha value is -2.85. The second-order valence-corrected chi connectivity index (χ2v) is 12.9. The lowest BCUT2D eigenvalue weighted by molar-refractivity contribution is -0.184. The number of likely N-dealkylation sites (tertiary alicyclic amines) is 1. The highest BCUT2D eigenvalue weighted by Gasteiger charge is 2.70. The van der Waals surface area contributed by atoms with Crippen LogP contribution in [0.1, 0.15) is 83.8 Å². The van der Waals surface area contributed by atoms with Crippen molar-refractivity contribution in [1.29, 1.82) is 0 Å². The number of aliphatic carboxylic acids is 1. The summed E-state index contributed by atoms with van der Waals surface area (Å²) < 4.78 is 12.4. The Balaban J connectivity index is 1.36. The third kappa shape index (κ3) is 4.96. The monoisotopic (exact) mass is 572 g/mol. The minimum atomic E-state index is -1.20. The molecule has 6 atom stereocenters. The summed E-state index contributed by atoms with van der Waals surface area (Å²) in [6.07, 6.45) is 3.49. The first-order valence-electron chi connectivity index (χ1n) is 15.1. The molecular formula is C31H44N2O8. The van der Waals surface area contributed by atoms with Gasteiger partial charge in [0.25, 0.3) is 0 Å². The fourth-order valence-electron chi connectivity index (χ4n) is 7.67. The Bertz CT molecular complexity index is 1190. The highest BCUT2D eigenvalue weighted by atomic mass is 16.6. The number of fused-ring (bicyclic) bond motifs is 1. The van der Waals surface area contributed by atoms with Gasteiger partial charge >= 0.3 is 11.9 Å². The van der Waals surface area contributed by atoms with Crippen molar-refractivity contribution in [2.45, 2.75) is 114 Å². The number of carbonyl (C=O) groups excluding carboxylic acids is 2. The van der Waals surface area contributed by atoms with Crippen LogP contribution in [0.5, 0.6) is 11.5 Å². The van der Waals surface area contributed by atoms with Crippen molar-refractivity contribution < 1.29 is 39.2 Å². The van der Waals surface area contributed by atoms with Crippen LogP contribution >= 0.6 is 0 Å². The van der Waals surface area contributed by atoms with E-state index >= 15 is 0 Å². The van der Waals surface area contributed by atoms with Crippen molar-refractivity contribution in [3.05, 3.63) is 23.3 Å². The van der Waals surface area contributed by atoms with Gasteiger partial charge in [0.2, 0.25) is 5.91 Å². The SMILES string of the molecule is CC[C@H](OC(=O)CCC(=O)NC(C(=O)O)C(C)C)[C@@H]1Oc2c(O)ccc3c2[C@@]12CCN(CC1CCC1)[C@H](C3)C2(C)O. The molecule has 2 heterocycles. The van der Waals surface area contributed by atoms with E-state index in [9.17, 15) is 29.7 Å². The van der Waals surface area contributed by atoms with Gasteiger partial charge in [-0.2, -0.15) is 0 Å². The molecule has 1 saturated carbocycles. The normalized spacial score (nSPS) is 30.1. The lowest BCUT2D eigenvalue weighted by Crippen LogP contribution is -2.74. The van der Waals surface area contributed by atoms with Gasteiger partial charge in [-0.15, -0.1) is 0 Å². The quantitative estimate of drug-likeness (QED) is 0.294. The molecule has 0 aromatic heterocycles. The van der Waals surface area contributed by atoms with Crippen molar-refractivity contribution in [3.8, 4) is 11.5 Å². The Morgan fingerprint density at radius 2 is 1.95 bits per heavy atom. The van der Waals surface area contributed by atoms with Gasteiger partial charge in [0.05, 0.1) is 17.4 Å². The number of esters is 1. The molecule has 226 valence electrons. The molecule has 1 aromatic carbocycles. The van der Waals surface area contributed by atoms with Crippen molar-refractivity contribution in [1.82, 2.24) is 10.2 Å². The summed E-state index contributed by atoms with van der Waals surface area (Å²) in [6.45, 7) is 8.88. The summed E-state index contributed by atoms with van der Waals surface area (Å²) in [5.74, 6) is -1.54. The molecule has 1 amide bonds. The van der Waals surface area contributed by atoms with Crippen LogP contribution in [0.25, 0.3) is 0 Å². The first-order chi connectivity index (χ1) is 19.4. The van der Waals surface area contributed by atoms with E-state index in [0.29, 0.717) is 30.9 Å². The molecule has 2 bridgehead atoms. The van der Waals surface area contributed by atoms with Gasteiger partial charge in [-0.05, 0) is 69.0 Å². The van der Waals surface area contributed by atoms with E-state index in [1.54, 1.807) is 19.9 Å². The average Bonchev–Trinajstić information content (AvgIpc) is 3.23. The van der Waals surface area contributed by atoms with Gasteiger partial charge in [-0.25, -0.2) is 4.79 Å². The van der Waals surface area contributed by atoms with Gasteiger partial charge in [0.1, 0.15) is 18.2 Å². The zero-order valence-electron chi connectivity index (χ0n) is 24.5. The molecule has 2 aliphatic heterocycles. The van der Waals surface area contributed by atoms with Crippen molar-refractivity contribution in [3.63, 3.8) is 0 Å². The van der Waals surface area contributed by atoms with E-state index in [1.165, 1.54) is 19.3 Å². The fraction of sp³-hybridized carbons (Fsp3) is 0.710. The third-order valence-electron chi connectivity index (χ3n) is 10.1. The van der Waals surface area contributed by atoms with E-state index in [0.717, 1.165) is 24.2 Å². The molecule has 10 nitrogen and oxygen atoms in total. The predicted molar refractivity (Wildman–Crippen MR) is 150 cm³/mol. The topological polar surface area (TPSA) is 146 Å². The molecule has 4 aliphatic rings. The number of phenols is 1. The summed E-state index contributed by atoms with van der Waals surface area (Å²) >= 11 is 0. The van der Waals surface area contributed by atoms with Crippen LogP contribution < -0.4 is 10.1 Å². The number of carboxylic acids is 1. The maximum Gasteiger partial charge on any atom is 0.326 e. The van der Waals surface area contributed by atoms with E-state index in [-0.39, 0.29) is 30.6 Å². The van der Waals surface area contributed by atoms with Gasteiger partial charge in [0.15, 0.2) is 11.5 Å². The van der Waals surface area contributed by atoms with E-state index in [1.807, 2.05) is 19.9 Å². The van der Waals surface area contributed by atoms with E-state index in [4.69, 9.17) is 9.47 Å². The number of phenolic OH excluding ortho intramolecular Hbond substituents is 1. The molecule has 10 heteroatoms. The van der Waals surface area contributed by atoms with Crippen LogP contribution in [0.4, 0.5) is 0 Å². The number of piperidine rings is 1. The second kappa shape index (κ2) is 11.1. The molecule has 1 aromatic rings. The standard InChI is InChI=1S/C31H44N2O8/c1-5-21(40-24(36)12-11-23(35)32-26(17(2)3)29(37)38)28-31-13-14-33(16-18-7-6-8-18)22(30(31,4)39)15-19-9-10-20(34)27(41-28)25(19)31/h9-10,17-18,21-22,26,28,34,39H,5-8,11-16H2,1-4H3,(H,32,35)(H,37,38)/t21-,22+,26?,28-,30?,31-/m0/s1. The third-order valence-corrected chi connectivity index (χ3v) is 10.1. The molecule has 1 saturated heterocycles. The average molecular weight is 573 g/mol. The Morgan fingerprint density at radius 3 is 2.56 bits per heavy atom. The largest absolute Gasteiger partial charge is 0.504 e. The molecule has 1 spiro atoms. The first kappa shape index (κ1) is 29.6. The molecule has 2 unspecified atom stereocenters.